The van der Waals surface area contributed by atoms with Crippen molar-refractivity contribution >= 4 is 5.91 Å². The topological polar surface area (TPSA) is 79.3 Å². The van der Waals surface area contributed by atoms with E-state index in [0.29, 0.717) is 19.6 Å². The molecular weight excluding hydrogens is 254 g/mol. The fraction of sp³-hybridized carbons (Fsp3) is 0.467. The molecule has 1 atom stereocenters. The first-order valence-electron chi connectivity index (χ1n) is 6.83. The Hall–Kier alpha value is -2.06. The van der Waals surface area contributed by atoms with E-state index in [4.69, 9.17) is 15.7 Å². The zero-order valence-electron chi connectivity index (χ0n) is 11.4. The zero-order valence-corrected chi connectivity index (χ0v) is 11.4. The van der Waals surface area contributed by atoms with Gasteiger partial charge in [-0.2, -0.15) is 5.26 Å². The number of nitrogens with two attached hydrogens (primary N) is 1. The van der Waals surface area contributed by atoms with Gasteiger partial charge in [-0.25, -0.2) is 0 Å². The van der Waals surface area contributed by atoms with Gasteiger partial charge < -0.3 is 10.5 Å². The molecule has 0 aliphatic carbocycles. The van der Waals surface area contributed by atoms with Crippen molar-refractivity contribution in [2.45, 2.75) is 25.3 Å². The Kier molecular flexibility index (Phi) is 4.97. The van der Waals surface area contributed by atoms with Crippen molar-refractivity contribution in [2.75, 3.05) is 19.7 Å². The molecule has 2 N–H and O–H groups in total. The number of amides is 1. The van der Waals surface area contributed by atoms with E-state index in [1.807, 2.05) is 24.3 Å². The average Bonchev–Trinajstić information content (AvgIpc) is 2.90. The van der Waals surface area contributed by atoms with Gasteiger partial charge >= 0.3 is 0 Å². The molecule has 5 heteroatoms. The van der Waals surface area contributed by atoms with Crippen molar-refractivity contribution in [3.05, 3.63) is 29.8 Å². The van der Waals surface area contributed by atoms with Gasteiger partial charge in [0.05, 0.1) is 18.5 Å². The molecule has 0 saturated carbocycles. The highest BCUT2D eigenvalue weighted by Crippen LogP contribution is 2.17. The molecule has 1 aromatic carbocycles. The predicted octanol–water partition coefficient (Wildman–Crippen LogP) is 1.08. The summed E-state index contributed by atoms with van der Waals surface area (Å²) >= 11 is 0. The lowest BCUT2D eigenvalue weighted by Crippen LogP contribution is -2.42. The molecule has 106 valence electrons. The minimum absolute atomic E-state index is 0.142. The number of carbonyl (C=O) groups is 1. The van der Waals surface area contributed by atoms with Crippen molar-refractivity contribution in [1.29, 1.82) is 5.26 Å². The van der Waals surface area contributed by atoms with Crippen molar-refractivity contribution < 1.29 is 9.53 Å². The number of primary amides is 1. The van der Waals surface area contributed by atoms with E-state index in [-0.39, 0.29) is 11.9 Å². The van der Waals surface area contributed by atoms with Crippen LogP contribution in [-0.2, 0) is 11.2 Å². The van der Waals surface area contributed by atoms with E-state index in [0.717, 1.165) is 30.7 Å². The lowest BCUT2D eigenvalue weighted by molar-refractivity contribution is -0.122. The Balaban J connectivity index is 1.78. The van der Waals surface area contributed by atoms with E-state index in [1.54, 1.807) is 0 Å². The van der Waals surface area contributed by atoms with Gasteiger partial charge in [0.1, 0.15) is 12.4 Å². The summed E-state index contributed by atoms with van der Waals surface area (Å²) in [6.07, 6.45) is 2.27. The van der Waals surface area contributed by atoms with Crippen LogP contribution < -0.4 is 10.5 Å². The number of benzene rings is 1. The Morgan fingerprint density at radius 2 is 2.20 bits per heavy atom. The molecule has 1 heterocycles. The number of rotatable bonds is 6. The molecule has 1 aliphatic heterocycles. The van der Waals surface area contributed by atoms with E-state index < -0.39 is 0 Å². The second-order valence-electron chi connectivity index (χ2n) is 4.92. The number of hydrogen-bond donors (Lipinski definition) is 1. The summed E-state index contributed by atoms with van der Waals surface area (Å²) in [5.74, 6) is 0.532. The van der Waals surface area contributed by atoms with E-state index in [9.17, 15) is 4.79 Å². The highest BCUT2D eigenvalue weighted by Gasteiger charge is 2.28. The monoisotopic (exact) mass is 273 g/mol. The van der Waals surface area contributed by atoms with Gasteiger partial charge in [0.25, 0.3) is 0 Å². The van der Waals surface area contributed by atoms with Crippen LogP contribution in [0.3, 0.4) is 0 Å². The Labute approximate surface area is 118 Å². The molecule has 20 heavy (non-hydrogen) atoms. The molecule has 1 saturated heterocycles. The number of nitriles is 1. The van der Waals surface area contributed by atoms with Crippen molar-refractivity contribution in [2.24, 2.45) is 5.73 Å². The summed E-state index contributed by atoms with van der Waals surface area (Å²) in [5, 5.41) is 8.60. The van der Waals surface area contributed by atoms with Crippen LogP contribution in [0.2, 0.25) is 0 Å². The summed E-state index contributed by atoms with van der Waals surface area (Å²) in [4.78, 5) is 13.3. The molecule has 5 nitrogen and oxygen atoms in total. The van der Waals surface area contributed by atoms with Crippen molar-refractivity contribution in [3.8, 4) is 11.8 Å². The van der Waals surface area contributed by atoms with Crippen LogP contribution in [0.1, 0.15) is 18.4 Å². The molecule has 0 bridgehead atoms. The zero-order chi connectivity index (χ0) is 14.4. The summed E-state index contributed by atoms with van der Waals surface area (Å²) in [5.41, 5.74) is 6.35. The van der Waals surface area contributed by atoms with Crippen LogP contribution >= 0.6 is 0 Å². The lowest BCUT2D eigenvalue weighted by Gasteiger charge is -2.21. The first-order valence-corrected chi connectivity index (χ1v) is 6.83. The maximum Gasteiger partial charge on any atom is 0.234 e. The first-order chi connectivity index (χ1) is 9.70. The Morgan fingerprint density at radius 1 is 1.45 bits per heavy atom. The number of nitrogens with zero attached hydrogens (tertiary/aromatic N) is 2. The minimum Gasteiger partial charge on any atom is -0.492 e. The smallest absolute Gasteiger partial charge is 0.234 e. The quantitative estimate of drug-likeness (QED) is 0.841. The predicted molar refractivity (Wildman–Crippen MR) is 75.0 cm³/mol. The van der Waals surface area contributed by atoms with Crippen LogP contribution in [0, 0.1) is 11.3 Å². The maximum absolute atomic E-state index is 11.3. The summed E-state index contributed by atoms with van der Waals surface area (Å²) in [7, 11) is 0. The van der Waals surface area contributed by atoms with E-state index >= 15 is 0 Å². The third kappa shape index (κ3) is 3.72. The molecular formula is C15H19N3O2. The number of likely N-dealkylation sites (tertiary alicyclic amines) is 1. The number of carbonyl (C=O) groups excluding carboxylic acids is 1. The molecule has 1 amide bonds. The number of hydrogen-bond acceptors (Lipinski definition) is 4. The molecule has 1 unspecified atom stereocenters. The third-order valence-corrected chi connectivity index (χ3v) is 3.55. The molecule has 0 aromatic heterocycles. The van der Waals surface area contributed by atoms with Crippen LogP contribution in [0.4, 0.5) is 0 Å². The van der Waals surface area contributed by atoms with Gasteiger partial charge in [0.15, 0.2) is 0 Å². The molecule has 0 radical (unpaired) electrons. The van der Waals surface area contributed by atoms with Crippen LogP contribution in [-0.4, -0.2) is 36.5 Å². The third-order valence-electron chi connectivity index (χ3n) is 3.55. The summed E-state index contributed by atoms with van der Waals surface area (Å²) < 4.78 is 5.65. The second kappa shape index (κ2) is 6.92. The fourth-order valence-corrected chi connectivity index (χ4v) is 2.49. The Morgan fingerprint density at radius 3 is 2.85 bits per heavy atom. The standard InChI is InChI=1S/C15H19N3O2/c16-8-7-12-3-5-13(6-4-12)20-11-10-18-9-1-2-14(18)15(17)19/h3-6,14H,1-2,7,9-11H2,(H2,17,19). The summed E-state index contributed by atoms with van der Waals surface area (Å²) in [6, 6.07) is 9.47. The van der Waals surface area contributed by atoms with Gasteiger partial charge in [-0.05, 0) is 37.1 Å². The Bertz CT molecular complexity index is 493. The van der Waals surface area contributed by atoms with Gasteiger partial charge in [0.2, 0.25) is 5.91 Å². The van der Waals surface area contributed by atoms with Gasteiger partial charge in [0, 0.05) is 6.54 Å². The highest BCUT2D eigenvalue weighted by atomic mass is 16.5. The van der Waals surface area contributed by atoms with E-state index in [2.05, 4.69) is 11.0 Å². The van der Waals surface area contributed by atoms with Crippen molar-refractivity contribution in [1.82, 2.24) is 4.90 Å². The first kappa shape index (κ1) is 14.4. The van der Waals surface area contributed by atoms with E-state index in [1.165, 1.54) is 0 Å². The molecule has 1 aliphatic rings. The molecule has 1 aromatic rings. The molecule has 2 rings (SSSR count). The summed E-state index contributed by atoms with van der Waals surface area (Å²) in [6.45, 7) is 2.13. The SMILES string of the molecule is N#CCc1ccc(OCCN2CCCC2C(N)=O)cc1. The average molecular weight is 273 g/mol. The van der Waals surface area contributed by atoms with Crippen LogP contribution in [0.15, 0.2) is 24.3 Å². The van der Waals surface area contributed by atoms with Gasteiger partial charge in [-0.15, -0.1) is 0 Å². The van der Waals surface area contributed by atoms with Crippen LogP contribution in [0.5, 0.6) is 5.75 Å². The maximum atomic E-state index is 11.3. The van der Waals surface area contributed by atoms with Crippen molar-refractivity contribution in [3.63, 3.8) is 0 Å². The second-order valence-corrected chi connectivity index (χ2v) is 4.92. The van der Waals surface area contributed by atoms with Gasteiger partial charge in [-0.1, -0.05) is 12.1 Å². The fourth-order valence-electron chi connectivity index (χ4n) is 2.49. The van der Waals surface area contributed by atoms with Crippen LogP contribution in [0.25, 0.3) is 0 Å². The lowest BCUT2D eigenvalue weighted by atomic mass is 10.2. The number of ether oxygens (including phenoxy) is 1. The molecule has 0 spiro atoms. The normalized spacial score (nSPS) is 18.6. The van der Waals surface area contributed by atoms with Gasteiger partial charge in [-0.3, -0.25) is 9.69 Å². The highest BCUT2D eigenvalue weighted by molar-refractivity contribution is 5.80. The largest absolute Gasteiger partial charge is 0.492 e. The minimum atomic E-state index is -0.247. The molecule has 1 fully saturated rings.